The molecule has 0 spiro atoms. The number of fused-ring (bicyclic) bond motifs is 2. The van der Waals surface area contributed by atoms with Gasteiger partial charge < -0.3 is 4.42 Å². The maximum absolute atomic E-state index is 13.6. The smallest absolute Gasteiger partial charge is 0.268 e. The van der Waals surface area contributed by atoms with Crippen molar-refractivity contribution in [2.75, 3.05) is 0 Å². The third kappa shape index (κ3) is 2.92. The average molecular weight is 426 g/mol. The van der Waals surface area contributed by atoms with Crippen LogP contribution in [0.1, 0.15) is 36.8 Å². The molecule has 1 atom stereocenters. The molecule has 0 radical (unpaired) electrons. The van der Waals surface area contributed by atoms with Crippen LogP contribution in [0.25, 0.3) is 22.2 Å². The number of aromatic nitrogens is 1. The highest BCUT2D eigenvalue weighted by atomic mass is 35.5. The summed E-state index contributed by atoms with van der Waals surface area (Å²) in [5.74, 6) is 0.386. The van der Waals surface area contributed by atoms with E-state index in [-0.39, 0.29) is 4.90 Å². The fourth-order valence-corrected chi connectivity index (χ4v) is 6.11. The van der Waals surface area contributed by atoms with E-state index in [4.69, 9.17) is 16.0 Å². The summed E-state index contributed by atoms with van der Waals surface area (Å²) in [4.78, 5) is 0.192. The van der Waals surface area contributed by atoms with Gasteiger partial charge in [-0.05, 0) is 78.8 Å². The third-order valence-electron chi connectivity index (χ3n) is 5.87. The molecule has 0 amide bonds. The molecule has 5 rings (SSSR count). The van der Waals surface area contributed by atoms with Crippen LogP contribution in [0.2, 0.25) is 5.02 Å². The predicted octanol–water partition coefficient (Wildman–Crippen LogP) is 6.23. The summed E-state index contributed by atoms with van der Waals surface area (Å²) >= 11 is 6.08. The maximum Gasteiger partial charge on any atom is 0.268 e. The van der Waals surface area contributed by atoms with Gasteiger partial charge in [-0.3, -0.25) is 0 Å². The molecule has 0 saturated heterocycles. The molecule has 0 aliphatic heterocycles. The molecular weight excluding hydrogens is 406 g/mol. The highest BCUT2D eigenvalue weighted by Gasteiger charge is 2.32. The lowest BCUT2D eigenvalue weighted by atomic mass is 10.0. The molecule has 0 bridgehead atoms. The Labute approximate surface area is 174 Å². The topological polar surface area (TPSA) is 52.2 Å². The minimum Gasteiger partial charge on any atom is -0.464 e. The van der Waals surface area contributed by atoms with E-state index >= 15 is 0 Å². The van der Waals surface area contributed by atoms with Crippen molar-refractivity contribution in [3.63, 3.8) is 0 Å². The molecule has 1 unspecified atom stereocenters. The van der Waals surface area contributed by atoms with E-state index in [0.29, 0.717) is 10.9 Å². The third-order valence-corrected chi connectivity index (χ3v) is 7.76. The summed E-state index contributed by atoms with van der Waals surface area (Å²) in [7, 11) is -3.78. The number of hydrogen-bond donors (Lipinski definition) is 0. The lowest BCUT2D eigenvalue weighted by Gasteiger charge is -2.13. The monoisotopic (exact) mass is 425 g/mol. The number of halogens is 1. The van der Waals surface area contributed by atoms with Gasteiger partial charge in [-0.25, -0.2) is 12.4 Å². The van der Waals surface area contributed by atoms with Crippen LogP contribution in [0, 0.1) is 0 Å². The Balaban J connectivity index is 1.77. The second kappa shape index (κ2) is 6.78. The van der Waals surface area contributed by atoms with Gasteiger partial charge in [0.2, 0.25) is 0 Å². The van der Waals surface area contributed by atoms with Gasteiger partial charge in [-0.1, -0.05) is 24.6 Å². The number of hydrogen-bond acceptors (Lipinski definition) is 3. The molecule has 29 heavy (non-hydrogen) atoms. The van der Waals surface area contributed by atoms with Crippen molar-refractivity contribution in [1.29, 1.82) is 0 Å². The quantitative estimate of drug-likeness (QED) is 0.389. The van der Waals surface area contributed by atoms with Gasteiger partial charge >= 0.3 is 0 Å². The highest BCUT2D eigenvalue weighted by molar-refractivity contribution is 7.90. The van der Waals surface area contributed by atoms with Crippen LogP contribution in [0.15, 0.2) is 70.3 Å². The molecule has 1 aliphatic carbocycles. The van der Waals surface area contributed by atoms with Gasteiger partial charge in [-0.2, -0.15) is 0 Å². The average Bonchev–Trinajstić information content (AvgIpc) is 3.41. The fourth-order valence-electron chi connectivity index (χ4n) is 4.40. The lowest BCUT2D eigenvalue weighted by molar-refractivity contribution is 0.586. The Hall–Kier alpha value is -2.50. The minimum atomic E-state index is -3.78. The molecule has 6 heteroatoms. The normalized spacial score (nSPS) is 16.4. The Morgan fingerprint density at radius 2 is 2.03 bits per heavy atom. The van der Waals surface area contributed by atoms with Crippen molar-refractivity contribution in [3.05, 3.63) is 77.1 Å². The first-order chi connectivity index (χ1) is 14.0. The van der Waals surface area contributed by atoms with E-state index in [2.05, 4.69) is 6.92 Å². The SMILES string of the molecule is CCC1CCc2c1cn(S(=O)(=O)c1cccc(Cl)c1)c2-c1ccc2occc2c1. The van der Waals surface area contributed by atoms with E-state index < -0.39 is 10.0 Å². The van der Waals surface area contributed by atoms with Gasteiger partial charge in [-0.15, -0.1) is 0 Å². The maximum atomic E-state index is 13.6. The van der Waals surface area contributed by atoms with E-state index in [1.165, 1.54) is 10.0 Å². The molecule has 0 saturated carbocycles. The van der Waals surface area contributed by atoms with Gasteiger partial charge in [0, 0.05) is 22.2 Å². The first-order valence-corrected chi connectivity index (χ1v) is 11.5. The summed E-state index contributed by atoms with van der Waals surface area (Å²) in [6.07, 6.45) is 6.40. The summed E-state index contributed by atoms with van der Waals surface area (Å²) in [6, 6.07) is 14.2. The minimum absolute atomic E-state index is 0.192. The van der Waals surface area contributed by atoms with Crippen molar-refractivity contribution < 1.29 is 12.8 Å². The van der Waals surface area contributed by atoms with Crippen LogP contribution < -0.4 is 0 Å². The lowest BCUT2D eigenvalue weighted by Crippen LogP contribution is -2.14. The van der Waals surface area contributed by atoms with Crippen LogP contribution in [0.3, 0.4) is 0 Å². The number of nitrogens with zero attached hydrogens (tertiary/aromatic N) is 1. The molecule has 0 N–H and O–H groups in total. The van der Waals surface area contributed by atoms with E-state index in [0.717, 1.165) is 52.6 Å². The first-order valence-electron chi connectivity index (χ1n) is 9.72. The van der Waals surface area contributed by atoms with Gasteiger partial charge in [0.05, 0.1) is 16.9 Å². The zero-order valence-electron chi connectivity index (χ0n) is 15.9. The second-order valence-electron chi connectivity index (χ2n) is 7.49. The predicted molar refractivity (Wildman–Crippen MR) is 115 cm³/mol. The zero-order valence-corrected chi connectivity index (χ0v) is 17.5. The molecule has 0 fully saturated rings. The largest absolute Gasteiger partial charge is 0.464 e. The Morgan fingerprint density at radius 3 is 2.83 bits per heavy atom. The first kappa shape index (κ1) is 18.5. The van der Waals surface area contributed by atoms with Crippen molar-refractivity contribution in [2.45, 2.75) is 37.0 Å². The molecule has 148 valence electrons. The molecule has 2 heterocycles. The van der Waals surface area contributed by atoms with Crippen molar-refractivity contribution in [3.8, 4) is 11.3 Å². The van der Waals surface area contributed by atoms with Crippen molar-refractivity contribution >= 4 is 32.6 Å². The van der Waals surface area contributed by atoms with E-state index in [1.54, 1.807) is 24.5 Å². The highest BCUT2D eigenvalue weighted by Crippen LogP contribution is 2.43. The second-order valence-corrected chi connectivity index (χ2v) is 9.74. The molecule has 4 aromatic rings. The van der Waals surface area contributed by atoms with Crippen LogP contribution in [0.5, 0.6) is 0 Å². The Morgan fingerprint density at radius 1 is 1.17 bits per heavy atom. The van der Waals surface area contributed by atoms with Gasteiger partial charge in [0.15, 0.2) is 0 Å². The number of rotatable bonds is 4. The van der Waals surface area contributed by atoms with Crippen LogP contribution in [-0.2, 0) is 16.4 Å². The molecule has 4 nitrogen and oxygen atoms in total. The van der Waals surface area contributed by atoms with Gasteiger partial charge in [0.25, 0.3) is 10.0 Å². The Bertz CT molecular complexity index is 1330. The van der Waals surface area contributed by atoms with E-state index in [9.17, 15) is 8.42 Å². The standard InChI is InChI=1S/C23H20ClNO3S/c1-2-15-6-8-20-21(15)14-25(29(26,27)19-5-3-4-18(24)13-19)23(20)17-7-9-22-16(12-17)10-11-28-22/h3-5,7,9-15H,2,6,8H2,1H3. The zero-order chi connectivity index (χ0) is 20.2. The molecular formula is C23H20ClNO3S. The van der Waals surface area contributed by atoms with Crippen LogP contribution >= 0.6 is 11.6 Å². The summed E-state index contributed by atoms with van der Waals surface area (Å²) in [6.45, 7) is 2.15. The van der Waals surface area contributed by atoms with Crippen molar-refractivity contribution in [1.82, 2.24) is 3.97 Å². The molecule has 2 aromatic carbocycles. The summed E-state index contributed by atoms with van der Waals surface area (Å²) in [5.41, 5.74) is 4.68. The number of benzene rings is 2. The fraction of sp³-hybridized carbons (Fsp3) is 0.217. The van der Waals surface area contributed by atoms with Crippen LogP contribution in [-0.4, -0.2) is 12.4 Å². The molecule has 2 aromatic heterocycles. The van der Waals surface area contributed by atoms with Gasteiger partial charge in [0.1, 0.15) is 5.58 Å². The van der Waals surface area contributed by atoms with E-state index in [1.807, 2.05) is 30.5 Å². The Kier molecular flexibility index (Phi) is 4.33. The van der Waals surface area contributed by atoms with Crippen molar-refractivity contribution in [2.24, 2.45) is 0 Å². The summed E-state index contributed by atoms with van der Waals surface area (Å²) in [5, 5.41) is 1.35. The number of furan rings is 1. The summed E-state index contributed by atoms with van der Waals surface area (Å²) < 4.78 is 34.1. The molecule has 1 aliphatic rings. The van der Waals surface area contributed by atoms with Crippen LogP contribution in [0.4, 0.5) is 0 Å².